The molecule has 0 amide bonds. The Morgan fingerprint density at radius 1 is 0.912 bits per heavy atom. The summed E-state index contributed by atoms with van der Waals surface area (Å²) in [6.45, 7) is 14.8. The van der Waals surface area contributed by atoms with Crippen LogP contribution in [0.3, 0.4) is 0 Å². The first kappa shape index (κ1) is 26.6. The minimum atomic E-state index is -0.559. The number of hydrogen-bond acceptors (Lipinski definition) is 3. The van der Waals surface area contributed by atoms with Crippen LogP contribution in [0.4, 0.5) is 0 Å². The maximum Gasteiger partial charge on any atom is 0.168 e. The number of Topliss-reactive ketones (excluding diaryl/α,β-unsaturated/α-hetero) is 1. The van der Waals surface area contributed by atoms with Gasteiger partial charge in [0, 0.05) is 39.4 Å². The molecule has 34 heavy (non-hydrogen) atoms. The van der Waals surface area contributed by atoms with Crippen molar-refractivity contribution in [2.24, 2.45) is 58.2 Å². The number of ether oxygens (including phenoxy) is 2. The van der Waals surface area contributed by atoms with Crippen molar-refractivity contribution in [3.63, 3.8) is 0 Å². The van der Waals surface area contributed by atoms with Crippen LogP contribution in [0.1, 0.15) is 112 Å². The number of carbonyl (C=O) groups is 1. The lowest BCUT2D eigenvalue weighted by Crippen LogP contribution is -2.59. The van der Waals surface area contributed by atoms with Gasteiger partial charge in [0.1, 0.15) is 5.78 Å². The third kappa shape index (κ3) is 4.23. The Balaban J connectivity index is 1.50. The van der Waals surface area contributed by atoms with Crippen LogP contribution < -0.4 is 0 Å². The molecule has 0 spiro atoms. The first-order valence-electron chi connectivity index (χ1n) is 14.7. The fourth-order valence-corrected chi connectivity index (χ4v) is 10.1. The molecule has 9 unspecified atom stereocenters. The zero-order valence-electron chi connectivity index (χ0n) is 23.6. The van der Waals surface area contributed by atoms with E-state index in [2.05, 4.69) is 41.5 Å². The van der Waals surface area contributed by atoms with E-state index in [0.29, 0.717) is 23.0 Å². The van der Waals surface area contributed by atoms with Crippen LogP contribution in [-0.2, 0) is 14.3 Å². The van der Waals surface area contributed by atoms with Gasteiger partial charge in [-0.1, -0.05) is 54.4 Å². The molecular weight excluding hydrogens is 420 g/mol. The molecule has 4 rings (SSSR count). The number of carbonyl (C=O) groups excluding carboxylic acids is 1. The number of rotatable bonds is 8. The summed E-state index contributed by atoms with van der Waals surface area (Å²) in [6, 6.07) is 0. The smallest absolute Gasteiger partial charge is 0.168 e. The second-order valence-corrected chi connectivity index (χ2v) is 13.8. The lowest BCUT2D eigenvalue weighted by Gasteiger charge is -2.61. The van der Waals surface area contributed by atoms with Crippen LogP contribution in [0.5, 0.6) is 0 Å². The minimum Gasteiger partial charge on any atom is -0.353 e. The molecule has 0 heterocycles. The van der Waals surface area contributed by atoms with Crippen LogP contribution >= 0.6 is 0 Å². The van der Waals surface area contributed by atoms with Crippen molar-refractivity contribution in [2.45, 2.75) is 118 Å². The third-order valence-corrected chi connectivity index (χ3v) is 12.4. The predicted molar refractivity (Wildman–Crippen MR) is 139 cm³/mol. The van der Waals surface area contributed by atoms with E-state index in [1.807, 2.05) is 0 Å². The third-order valence-electron chi connectivity index (χ3n) is 12.4. The Morgan fingerprint density at radius 2 is 1.59 bits per heavy atom. The molecule has 4 aliphatic carbocycles. The molecule has 0 bridgehead atoms. The average molecular weight is 475 g/mol. The van der Waals surface area contributed by atoms with Gasteiger partial charge in [0.2, 0.25) is 0 Å². The molecular formula is C31H54O3. The lowest BCUT2D eigenvalue weighted by molar-refractivity contribution is -0.256. The van der Waals surface area contributed by atoms with Gasteiger partial charge in [-0.25, -0.2) is 0 Å². The Kier molecular flexibility index (Phi) is 7.69. The van der Waals surface area contributed by atoms with Gasteiger partial charge in [-0.2, -0.15) is 0 Å². The van der Waals surface area contributed by atoms with Gasteiger partial charge in [-0.3, -0.25) is 4.79 Å². The van der Waals surface area contributed by atoms with Crippen LogP contribution in [0.25, 0.3) is 0 Å². The standard InChI is InChI=1S/C31H54O3/c1-9-22(20(2)3)11-10-21(4)24-12-13-25-23-18-28(32)27-19-31(33-7,34-8)17-16-30(27,6)26(23)14-15-29(24,25)5/h20-27H,9-19H2,1-8H3. The average Bonchev–Trinajstić information content (AvgIpc) is 3.17. The normalized spacial score (nSPS) is 43.2. The summed E-state index contributed by atoms with van der Waals surface area (Å²) < 4.78 is 11.6. The molecule has 0 aliphatic heterocycles. The second kappa shape index (κ2) is 9.81. The van der Waals surface area contributed by atoms with E-state index in [9.17, 15) is 4.79 Å². The second-order valence-electron chi connectivity index (χ2n) is 13.8. The highest BCUT2D eigenvalue weighted by molar-refractivity contribution is 5.83. The molecule has 0 aromatic carbocycles. The van der Waals surface area contributed by atoms with Crippen LogP contribution in [0, 0.1) is 58.2 Å². The van der Waals surface area contributed by atoms with Gasteiger partial charge in [-0.15, -0.1) is 0 Å². The fraction of sp³-hybridized carbons (Fsp3) is 0.968. The summed E-state index contributed by atoms with van der Waals surface area (Å²) in [4.78, 5) is 13.7. The van der Waals surface area contributed by atoms with Gasteiger partial charge in [-0.05, 0) is 90.8 Å². The van der Waals surface area contributed by atoms with Crippen molar-refractivity contribution in [2.75, 3.05) is 14.2 Å². The quantitative estimate of drug-likeness (QED) is 0.335. The van der Waals surface area contributed by atoms with Gasteiger partial charge in [0.05, 0.1) is 0 Å². The number of fused-ring (bicyclic) bond motifs is 5. The summed E-state index contributed by atoms with van der Waals surface area (Å²) in [6.07, 6.45) is 13.0. The van der Waals surface area contributed by atoms with Gasteiger partial charge in [0.15, 0.2) is 5.79 Å². The Hall–Kier alpha value is -0.410. The first-order chi connectivity index (χ1) is 16.0. The lowest BCUT2D eigenvalue weighted by atomic mass is 9.44. The van der Waals surface area contributed by atoms with E-state index in [0.717, 1.165) is 55.3 Å². The van der Waals surface area contributed by atoms with E-state index < -0.39 is 5.79 Å². The van der Waals surface area contributed by atoms with Crippen molar-refractivity contribution >= 4 is 5.78 Å². The number of hydrogen-bond donors (Lipinski definition) is 0. The summed E-state index contributed by atoms with van der Waals surface area (Å²) in [5.74, 6) is 5.39. The molecule has 3 heteroatoms. The Labute approximate surface area is 210 Å². The molecule has 0 aromatic rings. The Bertz CT molecular complexity index is 726. The fourth-order valence-electron chi connectivity index (χ4n) is 10.1. The summed E-state index contributed by atoms with van der Waals surface area (Å²) in [7, 11) is 3.50. The zero-order chi connectivity index (χ0) is 24.9. The molecule has 9 atom stereocenters. The monoisotopic (exact) mass is 474 g/mol. The van der Waals surface area contributed by atoms with Crippen LogP contribution in [0.2, 0.25) is 0 Å². The summed E-state index contributed by atoms with van der Waals surface area (Å²) in [5, 5.41) is 0. The highest BCUT2D eigenvalue weighted by Gasteiger charge is 2.64. The summed E-state index contributed by atoms with van der Waals surface area (Å²) in [5.41, 5.74) is 0.554. The molecule has 196 valence electrons. The first-order valence-corrected chi connectivity index (χ1v) is 14.7. The molecule has 4 fully saturated rings. The number of ketones is 1. The van der Waals surface area contributed by atoms with Crippen molar-refractivity contribution in [3.8, 4) is 0 Å². The summed E-state index contributed by atoms with van der Waals surface area (Å²) >= 11 is 0. The Morgan fingerprint density at radius 3 is 2.21 bits per heavy atom. The van der Waals surface area contributed by atoms with E-state index in [4.69, 9.17) is 9.47 Å². The van der Waals surface area contributed by atoms with Gasteiger partial charge in [0.25, 0.3) is 0 Å². The highest BCUT2D eigenvalue weighted by Crippen LogP contribution is 2.68. The molecule has 4 aliphatic rings. The molecule has 3 nitrogen and oxygen atoms in total. The maximum absolute atomic E-state index is 13.7. The van der Waals surface area contributed by atoms with E-state index in [1.54, 1.807) is 14.2 Å². The molecule has 0 saturated heterocycles. The van der Waals surface area contributed by atoms with Gasteiger partial charge >= 0.3 is 0 Å². The van der Waals surface area contributed by atoms with E-state index >= 15 is 0 Å². The van der Waals surface area contributed by atoms with Gasteiger partial charge < -0.3 is 9.47 Å². The maximum atomic E-state index is 13.7. The van der Waals surface area contributed by atoms with Crippen LogP contribution in [0.15, 0.2) is 0 Å². The van der Waals surface area contributed by atoms with E-state index in [-0.39, 0.29) is 11.3 Å². The molecule has 0 radical (unpaired) electrons. The molecule has 4 saturated carbocycles. The molecule has 0 N–H and O–H groups in total. The minimum absolute atomic E-state index is 0.102. The van der Waals surface area contributed by atoms with Crippen molar-refractivity contribution in [3.05, 3.63) is 0 Å². The van der Waals surface area contributed by atoms with Crippen molar-refractivity contribution < 1.29 is 14.3 Å². The number of methoxy groups -OCH3 is 2. The van der Waals surface area contributed by atoms with Crippen molar-refractivity contribution in [1.29, 1.82) is 0 Å². The SMILES string of the molecule is CCC(CCC(C)C1CCC2C3CC(=O)C4CC(OC)(OC)CCC4(C)C3CCC12C)C(C)C. The predicted octanol–water partition coefficient (Wildman–Crippen LogP) is 7.91. The highest BCUT2D eigenvalue weighted by atomic mass is 16.7. The van der Waals surface area contributed by atoms with Crippen molar-refractivity contribution in [1.82, 2.24) is 0 Å². The molecule has 0 aromatic heterocycles. The largest absolute Gasteiger partial charge is 0.353 e. The zero-order valence-corrected chi connectivity index (χ0v) is 23.6. The topological polar surface area (TPSA) is 35.5 Å². The van der Waals surface area contributed by atoms with E-state index in [1.165, 1.54) is 44.9 Å². The van der Waals surface area contributed by atoms with Crippen LogP contribution in [-0.4, -0.2) is 25.8 Å².